The van der Waals surface area contributed by atoms with Crippen LogP contribution < -0.4 is 10.1 Å². The maximum absolute atomic E-state index is 9.20. The molecule has 0 saturated heterocycles. The monoisotopic (exact) mass is 247 g/mol. The fraction of sp³-hybridized carbons (Fsp3) is 0.500. The maximum Gasteiger partial charge on any atom is 0.146 e. The van der Waals surface area contributed by atoms with Crippen LogP contribution in [0.25, 0.3) is 0 Å². The number of nitriles is 1. The molecule has 0 aliphatic heterocycles. The first kappa shape index (κ1) is 14.3. The van der Waals surface area contributed by atoms with Crippen molar-refractivity contribution in [3.63, 3.8) is 0 Å². The van der Waals surface area contributed by atoms with E-state index in [-0.39, 0.29) is 0 Å². The topological polar surface area (TPSA) is 48.3 Å². The summed E-state index contributed by atoms with van der Waals surface area (Å²) in [7, 11) is 5.91. The normalized spacial score (nSPS) is 10.2. The number of anilines is 1. The van der Waals surface area contributed by atoms with Gasteiger partial charge in [0.05, 0.1) is 23.9 Å². The van der Waals surface area contributed by atoms with Gasteiger partial charge in [-0.3, -0.25) is 0 Å². The lowest BCUT2D eigenvalue weighted by Crippen LogP contribution is -2.16. The summed E-state index contributed by atoms with van der Waals surface area (Å²) in [5.74, 6) is 0.806. The highest BCUT2D eigenvalue weighted by Gasteiger charge is 2.14. The fourth-order valence-corrected chi connectivity index (χ4v) is 1.82. The second-order valence-corrected chi connectivity index (χ2v) is 4.32. The second-order valence-electron chi connectivity index (χ2n) is 4.32. The van der Waals surface area contributed by atoms with Crippen LogP contribution in [-0.4, -0.2) is 39.2 Å². The van der Waals surface area contributed by atoms with Gasteiger partial charge in [-0.25, -0.2) is 0 Å². The molecule has 0 spiro atoms. The molecule has 0 aliphatic rings. The Morgan fingerprint density at radius 3 is 2.61 bits per heavy atom. The summed E-state index contributed by atoms with van der Waals surface area (Å²) < 4.78 is 5.70. The van der Waals surface area contributed by atoms with Gasteiger partial charge in [0, 0.05) is 19.2 Å². The molecule has 0 heterocycles. The van der Waals surface area contributed by atoms with Crippen LogP contribution in [-0.2, 0) is 6.42 Å². The van der Waals surface area contributed by atoms with Crippen LogP contribution in [0.1, 0.15) is 18.1 Å². The number of hydrogen-bond acceptors (Lipinski definition) is 4. The minimum Gasteiger partial charge on any atom is -0.491 e. The van der Waals surface area contributed by atoms with Crippen LogP contribution in [0.5, 0.6) is 5.75 Å². The van der Waals surface area contributed by atoms with E-state index >= 15 is 0 Å². The van der Waals surface area contributed by atoms with Gasteiger partial charge in [-0.15, -0.1) is 0 Å². The average Bonchev–Trinajstić information content (AvgIpc) is 2.36. The van der Waals surface area contributed by atoms with Gasteiger partial charge in [-0.1, -0.05) is 0 Å². The standard InChI is InChI=1S/C14H21N3O/c1-5-18-14-12(8-9-17(3)4)11(10-15)6-7-13(14)16-2/h6-7,16H,5,8-9H2,1-4H3. The number of nitrogens with one attached hydrogen (secondary N) is 1. The number of ether oxygens (including phenoxy) is 1. The predicted octanol–water partition coefficient (Wildman–Crippen LogP) is 2.10. The number of likely N-dealkylation sites (N-methyl/N-ethyl adjacent to an activating group) is 1. The van der Waals surface area contributed by atoms with Gasteiger partial charge in [-0.05, 0) is 39.6 Å². The van der Waals surface area contributed by atoms with Crippen LogP contribution in [0.3, 0.4) is 0 Å². The molecule has 0 bridgehead atoms. The van der Waals surface area contributed by atoms with E-state index < -0.39 is 0 Å². The van der Waals surface area contributed by atoms with Crippen LogP contribution in [0, 0.1) is 11.3 Å². The molecule has 98 valence electrons. The van der Waals surface area contributed by atoms with Crippen molar-refractivity contribution in [1.82, 2.24) is 4.90 Å². The molecule has 0 atom stereocenters. The molecule has 0 aliphatic carbocycles. The minimum absolute atomic E-state index is 0.596. The van der Waals surface area contributed by atoms with E-state index in [0.717, 1.165) is 30.0 Å². The summed E-state index contributed by atoms with van der Waals surface area (Å²) in [5, 5.41) is 12.3. The van der Waals surface area contributed by atoms with Crippen molar-refractivity contribution < 1.29 is 4.74 Å². The molecule has 1 rings (SSSR count). The molecular formula is C14H21N3O. The van der Waals surface area contributed by atoms with Crippen molar-refractivity contribution in [3.05, 3.63) is 23.3 Å². The zero-order valence-electron chi connectivity index (χ0n) is 11.6. The summed E-state index contributed by atoms with van der Waals surface area (Å²) in [4.78, 5) is 2.10. The van der Waals surface area contributed by atoms with Crippen molar-refractivity contribution in [3.8, 4) is 11.8 Å². The first-order valence-electron chi connectivity index (χ1n) is 6.15. The van der Waals surface area contributed by atoms with E-state index in [1.54, 1.807) is 0 Å². The van der Waals surface area contributed by atoms with Gasteiger partial charge in [0.25, 0.3) is 0 Å². The van der Waals surface area contributed by atoms with Gasteiger partial charge in [0.15, 0.2) is 0 Å². The second kappa shape index (κ2) is 6.87. The third-order valence-corrected chi connectivity index (χ3v) is 2.75. The Labute approximate surface area is 109 Å². The molecule has 0 unspecified atom stereocenters. The molecule has 1 aromatic carbocycles. The molecule has 0 radical (unpaired) electrons. The Balaban J connectivity index is 3.18. The number of nitrogens with zero attached hydrogens (tertiary/aromatic N) is 2. The van der Waals surface area contributed by atoms with Crippen LogP contribution in [0.2, 0.25) is 0 Å². The van der Waals surface area contributed by atoms with E-state index in [4.69, 9.17) is 4.74 Å². The van der Waals surface area contributed by atoms with Gasteiger partial charge < -0.3 is 15.0 Å². The predicted molar refractivity (Wildman–Crippen MR) is 74.1 cm³/mol. The number of rotatable bonds is 6. The van der Waals surface area contributed by atoms with Crippen LogP contribution >= 0.6 is 0 Å². The van der Waals surface area contributed by atoms with E-state index in [2.05, 4.69) is 16.3 Å². The Kier molecular flexibility index (Phi) is 5.47. The number of hydrogen-bond donors (Lipinski definition) is 1. The molecule has 0 saturated carbocycles. The fourth-order valence-electron chi connectivity index (χ4n) is 1.82. The van der Waals surface area contributed by atoms with Gasteiger partial charge in [-0.2, -0.15) is 5.26 Å². The first-order chi connectivity index (χ1) is 8.63. The van der Waals surface area contributed by atoms with Crippen molar-refractivity contribution in [2.24, 2.45) is 0 Å². The van der Waals surface area contributed by atoms with E-state index in [1.165, 1.54) is 0 Å². The van der Waals surface area contributed by atoms with Crippen LogP contribution in [0.15, 0.2) is 12.1 Å². The molecule has 0 aromatic heterocycles. The van der Waals surface area contributed by atoms with Gasteiger partial charge in [0.2, 0.25) is 0 Å². The first-order valence-corrected chi connectivity index (χ1v) is 6.15. The zero-order chi connectivity index (χ0) is 13.5. The molecule has 0 fully saturated rings. The van der Waals surface area contributed by atoms with E-state index in [0.29, 0.717) is 12.2 Å². The lowest BCUT2D eigenvalue weighted by Gasteiger charge is -2.17. The molecule has 4 nitrogen and oxygen atoms in total. The smallest absolute Gasteiger partial charge is 0.146 e. The summed E-state index contributed by atoms with van der Waals surface area (Å²) in [6.45, 7) is 3.44. The van der Waals surface area contributed by atoms with Gasteiger partial charge in [0.1, 0.15) is 5.75 Å². The summed E-state index contributed by atoms with van der Waals surface area (Å²) >= 11 is 0. The lowest BCUT2D eigenvalue weighted by molar-refractivity contribution is 0.335. The molecular weight excluding hydrogens is 226 g/mol. The third kappa shape index (κ3) is 3.38. The molecule has 1 N–H and O–H groups in total. The minimum atomic E-state index is 0.596. The van der Waals surface area contributed by atoms with Crippen molar-refractivity contribution >= 4 is 5.69 Å². The van der Waals surface area contributed by atoms with Gasteiger partial charge >= 0.3 is 0 Å². The average molecular weight is 247 g/mol. The largest absolute Gasteiger partial charge is 0.491 e. The zero-order valence-corrected chi connectivity index (χ0v) is 11.6. The summed E-state index contributed by atoms with van der Waals surface area (Å²) in [6.07, 6.45) is 0.806. The highest BCUT2D eigenvalue weighted by molar-refractivity contribution is 5.64. The molecule has 1 aromatic rings. The van der Waals surface area contributed by atoms with Crippen molar-refractivity contribution in [2.75, 3.05) is 39.6 Å². The third-order valence-electron chi connectivity index (χ3n) is 2.75. The maximum atomic E-state index is 9.20. The Morgan fingerprint density at radius 2 is 2.11 bits per heavy atom. The summed E-state index contributed by atoms with van der Waals surface area (Å²) in [6, 6.07) is 5.98. The van der Waals surface area contributed by atoms with Crippen LogP contribution in [0.4, 0.5) is 5.69 Å². The highest BCUT2D eigenvalue weighted by atomic mass is 16.5. The molecule has 4 heteroatoms. The Hall–Kier alpha value is -1.73. The molecule has 0 amide bonds. The number of benzene rings is 1. The quantitative estimate of drug-likeness (QED) is 0.836. The summed E-state index contributed by atoms with van der Waals surface area (Å²) in [5.41, 5.74) is 2.61. The lowest BCUT2D eigenvalue weighted by atomic mass is 10.0. The van der Waals surface area contributed by atoms with Crippen molar-refractivity contribution in [1.29, 1.82) is 5.26 Å². The molecule has 18 heavy (non-hydrogen) atoms. The Morgan fingerprint density at radius 1 is 1.39 bits per heavy atom. The van der Waals surface area contributed by atoms with Crippen molar-refractivity contribution in [2.45, 2.75) is 13.3 Å². The highest BCUT2D eigenvalue weighted by Crippen LogP contribution is 2.32. The Bertz CT molecular complexity index is 435. The van der Waals surface area contributed by atoms with E-state index in [1.807, 2.05) is 40.2 Å². The van der Waals surface area contributed by atoms with E-state index in [9.17, 15) is 5.26 Å². The SMILES string of the molecule is CCOc1c(NC)ccc(C#N)c1CCN(C)C.